The van der Waals surface area contributed by atoms with E-state index in [1.54, 1.807) is 13.0 Å². The molecule has 0 spiro atoms. The van der Waals surface area contributed by atoms with Gasteiger partial charge in [0, 0.05) is 17.7 Å². The number of benzene rings is 1. The summed E-state index contributed by atoms with van der Waals surface area (Å²) in [5.74, 6) is -0.177. The second-order valence-electron chi connectivity index (χ2n) is 4.41. The van der Waals surface area contributed by atoms with Gasteiger partial charge in [0.25, 0.3) is 0 Å². The number of rotatable bonds is 5. The van der Waals surface area contributed by atoms with Crippen molar-refractivity contribution in [2.75, 3.05) is 6.54 Å². The van der Waals surface area contributed by atoms with E-state index in [-0.39, 0.29) is 5.82 Å². The maximum atomic E-state index is 13.3. The molecular weight excluding hydrogens is 229 g/mol. The molecule has 0 fully saturated rings. The van der Waals surface area contributed by atoms with Crippen molar-refractivity contribution in [1.29, 1.82) is 0 Å². The average molecular weight is 247 g/mol. The van der Waals surface area contributed by atoms with Gasteiger partial charge >= 0.3 is 0 Å². The van der Waals surface area contributed by atoms with E-state index in [4.69, 9.17) is 0 Å². The zero-order chi connectivity index (χ0) is 13.0. The number of halogens is 1. The van der Waals surface area contributed by atoms with Crippen LogP contribution >= 0.6 is 0 Å². The minimum Gasteiger partial charge on any atom is -0.313 e. The summed E-state index contributed by atoms with van der Waals surface area (Å²) in [6, 6.07) is 5.11. The van der Waals surface area contributed by atoms with E-state index in [9.17, 15) is 4.39 Å². The molecule has 4 heteroatoms. The Bertz CT molecular complexity index is 520. The summed E-state index contributed by atoms with van der Waals surface area (Å²) >= 11 is 0. The van der Waals surface area contributed by atoms with E-state index >= 15 is 0 Å². The Labute approximate surface area is 106 Å². The van der Waals surface area contributed by atoms with Gasteiger partial charge in [-0.05, 0) is 43.7 Å². The highest BCUT2D eigenvalue weighted by Crippen LogP contribution is 2.23. The summed E-state index contributed by atoms with van der Waals surface area (Å²) in [6.07, 6.45) is 2.92. The molecular formula is C14H18FN3. The summed E-state index contributed by atoms with van der Waals surface area (Å²) in [4.78, 5) is 0. The highest BCUT2D eigenvalue weighted by atomic mass is 19.1. The molecule has 0 aliphatic rings. The third-order valence-electron chi connectivity index (χ3n) is 2.91. The molecule has 2 rings (SSSR count). The molecule has 2 N–H and O–H groups in total. The van der Waals surface area contributed by atoms with Crippen molar-refractivity contribution < 1.29 is 4.39 Å². The van der Waals surface area contributed by atoms with E-state index < -0.39 is 0 Å². The molecule has 0 bridgehead atoms. The molecule has 0 atom stereocenters. The highest BCUT2D eigenvalue weighted by Gasteiger charge is 2.08. The van der Waals surface area contributed by atoms with Crippen molar-refractivity contribution in [2.45, 2.75) is 26.8 Å². The molecule has 96 valence electrons. The van der Waals surface area contributed by atoms with E-state index in [2.05, 4.69) is 22.4 Å². The molecule has 1 aromatic heterocycles. The second kappa shape index (κ2) is 5.78. The van der Waals surface area contributed by atoms with Crippen LogP contribution < -0.4 is 5.32 Å². The van der Waals surface area contributed by atoms with Crippen LogP contribution in [0.5, 0.6) is 0 Å². The monoisotopic (exact) mass is 247 g/mol. The molecule has 2 aromatic rings. The maximum Gasteiger partial charge on any atom is 0.126 e. The predicted octanol–water partition coefficient (Wildman–Crippen LogP) is 3.02. The fourth-order valence-corrected chi connectivity index (χ4v) is 1.90. The summed E-state index contributed by atoms with van der Waals surface area (Å²) < 4.78 is 13.3. The molecule has 1 aromatic carbocycles. The van der Waals surface area contributed by atoms with Gasteiger partial charge in [0.1, 0.15) is 5.82 Å². The minimum absolute atomic E-state index is 0.177. The number of H-pyrrole nitrogens is 1. The van der Waals surface area contributed by atoms with E-state index in [0.717, 1.165) is 36.3 Å². The molecule has 0 amide bonds. The van der Waals surface area contributed by atoms with Crippen LogP contribution in [0.25, 0.3) is 11.3 Å². The topological polar surface area (TPSA) is 40.7 Å². The van der Waals surface area contributed by atoms with Crippen LogP contribution in [0.4, 0.5) is 4.39 Å². The molecule has 0 radical (unpaired) electrons. The van der Waals surface area contributed by atoms with Crippen LogP contribution in [0.1, 0.15) is 24.5 Å². The zero-order valence-electron chi connectivity index (χ0n) is 10.8. The second-order valence-corrected chi connectivity index (χ2v) is 4.41. The normalized spacial score (nSPS) is 10.8. The summed E-state index contributed by atoms with van der Waals surface area (Å²) in [5, 5.41) is 10.4. The molecule has 0 saturated carbocycles. The lowest BCUT2D eigenvalue weighted by molar-refractivity contribution is 0.618. The number of nitrogens with zero attached hydrogens (tertiary/aromatic N) is 1. The standard InChI is InChI=1S/C14H18FN3/c1-3-6-16-8-12-9-17-18-14(12)11-4-5-13(15)10(2)7-11/h4-5,7,9,16H,3,6,8H2,1-2H3,(H,17,18). The molecule has 18 heavy (non-hydrogen) atoms. The first-order valence-corrected chi connectivity index (χ1v) is 6.22. The Morgan fingerprint density at radius 3 is 2.94 bits per heavy atom. The Hall–Kier alpha value is -1.68. The van der Waals surface area contributed by atoms with E-state index in [0.29, 0.717) is 5.56 Å². The third kappa shape index (κ3) is 2.76. The van der Waals surface area contributed by atoms with Crippen molar-refractivity contribution in [3.63, 3.8) is 0 Å². The first-order chi connectivity index (χ1) is 8.72. The number of hydrogen-bond acceptors (Lipinski definition) is 2. The summed E-state index contributed by atoms with van der Waals surface area (Å²) in [7, 11) is 0. The van der Waals surface area contributed by atoms with Crippen LogP contribution in [0.2, 0.25) is 0 Å². The van der Waals surface area contributed by atoms with Crippen LogP contribution in [0.15, 0.2) is 24.4 Å². The van der Waals surface area contributed by atoms with Gasteiger partial charge in [-0.3, -0.25) is 5.10 Å². The third-order valence-corrected chi connectivity index (χ3v) is 2.91. The Morgan fingerprint density at radius 2 is 2.22 bits per heavy atom. The SMILES string of the molecule is CCCNCc1cn[nH]c1-c1ccc(F)c(C)c1. The fraction of sp³-hybridized carbons (Fsp3) is 0.357. The summed E-state index contributed by atoms with van der Waals surface area (Å²) in [6.45, 7) is 5.65. The molecule has 1 heterocycles. The molecule has 0 aliphatic heterocycles. The lowest BCUT2D eigenvalue weighted by Gasteiger charge is -2.06. The zero-order valence-corrected chi connectivity index (χ0v) is 10.8. The Morgan fingerprint density at radius 1 is 1.39 bits per heavy atom. The number of hydrogen-bond donors (Lipinski definition) is 2. The molecule has 0 unspecified atom stereocenters. The number of aromatic amines is 1. The first-order valence-electron chi connectivity index (χ1n) is 6.22. The lowest BCUT2D eigenvalue weighted by Crippen LogP contribution is -2.13. The largest absolute Gasteiger partial charge is 0.313 e. The predicted molar refractivity (Wildman–Crippen MR) is 70.7 cm³/mol. The van der Waals surface area contributed by atoms with Gasteiger partial charge in [0.15, 0.2) is 0 Å². The molecule has 3 nitrogen and oxygen atoms in total. The average Bonchev–Trinajstić information content (AvgIpc) is 2.81. The van der Waals surface area contributed by atoms with Crippen molar-refractivity contribution >= 4 is 0 Å². The van der Waals surface area contributed by atoms with Crippen molar-refractivity contribution in [3.8, 4) is 11.3 Å². The smallest absolute Gasteiger partial charge is 0.126 e. The number of aromatic nitrogens is 2. The van der Waals surface area contributed by atoms with Gasteiger partial charge in [-0.25, -0.2) is 4.39 Å². The van der Waals surface area contributed by atoms with Crippen molar-refractivity contribution in [1.82, 2.24) is 15.5 Å². The fourth-order valence-electron chi connectivity index (χ4n) is 1.90. The highest BCUT2D eigenvalue weighted by molar-refractivity contribution is 5.63. The van der Waals surface area contributed by atoms with Crippen LogP contribution in [-0.2, 0) is 6.54 Å². The van der Waals surface area contributed by atoms with Crippen molar-refractivity contribution in [2.24, 2.45) is 0 Å². The van der Waals surface area contributed by atoms with Gasteiger partial charge in [-0.1, -0.05) is 6.92 Å². The van der Waals surface area contributed by atoms with Gasteiger partial charge in [0.2, 0.25) is 0 Å². The molecule has 0 saturated heterocycles. The van der Waals surface area contributed by atoms with Crippen LogP contribution in [0.3, 0.4) is 0 Å². The van der Waals surface area contributed by atoms with Gasteiger partial charge in [-0.2, -0.15) is 5.10 Å². The number of aryl methyl sites for hydroxylation is 1. The van der Waals surface area contributed by atoms with Gasteiger partial charge in [-0.15, -0.1) is 0 Å². The van der Waals surface area contributed by atoms with Crippen LogP contribution in [0, 0.1) is 12.7 Å². The summed E-state index contributed by atoms with van der Waals surface area (Å²) in [5.41, 5.74) is 3.69. The van der Waals surface area contributed by atoms with Gasteiger partial charge < -0.3 is 5.32 Å². The molecule has 0 aliphatic carbocycles. The van der Waals surface area contributed by atoms with E-state index in [1.807, 2.05) is 12.3 Å². The number of nitrogens with one attached hydrogen (secondary N) is 2. The Kier molecular flexibility index (Phi) is 4.10. The quantitative estimate of drug-likeness (QED) is 0.797. The maximum absolute atomic E-state index is 13.3. The van der Waals surface area contributed by atoms with Crippen LogP contribution in [-0.4, -0.2) is 16.7 Å². The first kappa shape index (κ1) is 12.8. The minimum atomic E-state index is -0.177. The lowest BCUT2D eigenvalue weighted by atomic mass is 10.1. The van der Waals surface area contributed by atoms with Crippen molar-refractivity contribution in [3.05, 3.63) is 41.3 Å². The van der Waals surface area contributed by atoms with Gasteiger partial charge in [0.05, 0.1) is 11.9 Å². The Balaban J connectivity index is 2.22. The van der Waals surface area contributed by atoms with E-state index in [1.165, 1.54) is 6.07 Å².